The molecule has 0 atom stereocenters. The minimum absolute atomic E-state index is 0.170. The van der Waals surface area contributed by atoms with E-state index >= 15 is 0 Å². The number of anilines is 2. The van der Waals surface area contributed by atoms with Crippen LogP contribution in [0.25, 0.3) is 10.2 Å². The van der Waals surface area contributed by atoms with Gasteiger partial charge in [-0.1, -0.05) is 35.1 Å². The van der Waals surface area contributed by atoms with Crippen LogP contribution >= 0.6 is 22.9 Å². The van der Waals surface area contributed by atoms with Gasteiger partial charge in [-0.15, -0.1) is 0 Å². The van der Waals surface area contributed by atoms with Crippen molar-refractivity contribution in [2.75, 3.05) is 50.1 Å². The fraction of sp³-hybridized carbons (Fsp3) is 0.259. The number of nitrogens with zero attached hydrogens (tertiary/aromatic N) is 2. The molecule has 186 valence electrons. The summed E-state index contributed by atoms with van der Waals surface area (Å²) in [5.41, 5.74) is 3.33. The third kappa shape index (κ3) is 6.53. The van der Waals surface area contributed by atoms with Gasteiger partial charge < -0.3 is 20.1 Å². The molecule has 0 aliphatic carbocycles. The number of nitrogens with one attached hydrogen (secondary N) is 2. The number of aromatic nitrogens is 1. The van der Waals surface area contributed by atoms with Gasteiger partial charge >= 0.3 is 0 Å². The Morgan fingerprint density at radius 3 is 2.61 bits per heavy atom. The molecule has 1 fully saturated rings. The van der Waals surface area contributed by atoms with Gasteiger partial charge in [0.05, 0.1) is 23.4 Å². The zero-order valence-electron chi connectivity index (χ0n) is 19.7. The van der Waals surface area contributed by atoms with Crippen LogP contribution in [0.1, 0.15) is 15.9 Å². The third-order valence-corrected chi connectivity index (χ3v) is 7.13. The standard InChI is InChI=1S/C27H27ClN4O3S/c28-21-5-3-20(4-6-21)26(33)30-22-7-1-19(2-8-22)18-29-27-31-24-10-9-23(17-25(24)36-27)35-16-13-32-11-14-34-15-12-32/h1-10,17H,11-16,18H2,(H,29,31)(H,30,33). The molecule has 0 bridgehead atoms. The normalized spacial score (nSPS) is 14.0. The number of fused-ring (bicyclic) bond motifs is 1. The Kier molecular flexibility index (Phi) is 7.98. The number of ether oxygens (including phenoxy) is 2. The van der Waals surface area contributed by atoms with E-state index in [4.69, 9.17) is 21.1 Å². The molecule has 1 amide bonds. The van der Waals surface area contributed by atoms with Crippen molar-refractivity contribution in [2.45, 2.75) is 6.54 Å². The van der Waals surface area contributed by atoms with Crippen LogP contribution in [-0.2, 0) is 11.3 Å². The second-order valence-corrected chi connectivity index (χ2v) is 9.93. The molecule has 1 aliphatic heterocycles. The van der Waals surface area contributed by atoms with Crippen molar-refractivity contribution in [2.24, 2.45) is 0 Å². The number of carbonyl (C=O) groups excluding carboxylic acids is 1. The molecular weight excluding hydrogens is 496 g/mol. The van der Waals surface area contributed by atoms with Crippen LogP contribution in [0, 0.1) is 0 Å². The Balaban J connectivity index is 1.12. The molecule has 1 saturated heterocycles. The maximum absolute atomic E-state index is 12.4. The molecule has 4 aromatic rings. The molecule has 36 heavy (non-hydrogen) atoms. The zero-order chi connectivity index (χ0) is 24.7. The Morgan fingerprint density at radius 2 is 1.83 bits per heavy atom. The van der Waals surface area contributed by atoms with E-state index in [0.717, 1.165) is 65.2 Å². The number of hydrogen-bond acceptors (Lipinski definition) is 7. The van der Waals surface area contributed by atoms with E-state index in [-0.39, 0.29) is 5.91 Å². The van der Waals surface area contributed by atoms with Gasteiger partial charge in [0, 0.05) is 42.5 Å². The van der Waals surface area contributed by atoms with Crippen molar-refractivity contribution in [3.63, 3.8) is 0 Å². The molecule has 2 heterocycles. The van der Waals surface area contributed by atoms with Crippen LogP contribution < -0.4 is 15.4 Å². The number of carbonyl (C=O) groups is 1. The van der Waals surface area contributed by atoms with Crippen molar-refractivity contribution < 1.29 is 14.3 Å². The second-order valence-electron chi connectivity index (χ2n) is 8.46. The highest BCUT2D eigenvalue weighted by molar-refractivity contribution is 7.22. The average molecular weight is 523 g/mol. The SMILES string of the molecule is O=C(Nc1ccc(CNc2nc3ccc(OCCN4CCOCC4)cc3s2)cc1)c1ccc(Cl)cc1. The van der Waals surface area contributed by atoms with E-state index in [0.29, 0.717) is 23.7 Å². The topological polar surface area (TPSA) is 75.7 Å². The Morgan fingerprint density at radius 1 is 1.06 bits per heavy atom. The minimum atomic E-state index is -0.170. The summed E-state index contributed by atoms with van der Waals surface area (Å²) < 4.78 is 12.4. The number of thiazole rings is 1. The van der Waals surface area contributed by atoms with Crippen LogP contribution in [0.2, 0.25) is 5.02 Å². The van der Waals surface area contributed by atoms with Crippen molar-refractivity contribution in [1.82, 2.24) is 9.88 Å². The van der Waals surface area contributed by atoms with E-state index in [1.165, 1.54) is 0 Å². The van der Waals surface area contributed by atoms with Gasteiger partial charge in [0.1, 0.15) is 12.4 Å². The molecule has 3 aromatic carbocycles. The number of amides is 1. The molecule has 0 unspecified atom stereocenters. The summed E-state index contributed by atoms with van der Waals surface area (Å²) in [6.07, 6.45) is 0. The lowest BCUT2D eigenvalue weighted by Gasteiger charge is -2.26. The lowest BCUT2D eigenvalue weighted by Crippen LogP contribution is -2.38. The second kappa shape index (κ2) is 11.7. The van der Waals surface area contributed by atoms with Crippen molar-refractivity contribution in [1.29, 1.82) is 0 Å². The first-order chi connectivity index (χ1) is 17.6. The summed E-state index contributed by atoms with van der Waals surface area (Å²) in [5.74, 6) is 0.693. The van der Waals surface area contributed by atoms with Gasteiger partial charge in [0.2, 0.25) is 0 Å². The van der Waals surface area contributed by atoms with Gasteiger partial charge in [0.15, 0.2) is 5.13 Å². The van der Waals surface area contributed by atoms with Crippen LogP contribution in [0.15, 0.2) is 66.7 Å². The van der Waals surface area contributed by atoms with Gasteiger partial charge in [-0.05, 0) is 60.2 Å². The van der Waals surface area contributed by atoms with Crippen LogP contribution in [0.5, 0.6) is 5.75 Å². The molecule has 2 N–H and O–H groups in total. The first kappa shape index (κ1) is 24.5. The minimum Gasteiger partial charge on any atom is -0.492 e. The van der Waals surface area contributed by atoms with E-state index in [9.17, 15) is 4.79 Å². The fourth-order valence-electron chi connectivity index (χ4n) is 3.88. The largest absolute Gasteiger partial charge is 0.492 e. The van der Waals surface area contributed by atoms with Crippen molar-refractivity contribution in [3.05, 3.63) is 82.9 Å². The molecule has 0 radical (unpaired) electrons. The van der Waals surface area contributed by atoms with Gasteiger partial charge in [-0.25, -0.2) is 4.98 Å². The van der Waals surface area contributed by atoms with E-state index < -0.39 is 0 Å². The summed E-state index contributed by atoms with van der Waals surface area (Å²) in [6.45, 7) is 5.72. The highest BCUT2D eigenvalue weighted by atomic mass is 35.5. The number of benzene rings is 3. The molecule has 0 spiro atoms. The lowest BCUT2D eigenvalue weighted by molar-refractivity contribution is 0.0322. The smallest absolute Gasteiger partial charge is 0.255 e. The van der Waals surface area contributed by atoms with Crippen LogP contribution in [0.4, 0.5) is 10.8 Å². The molecule has 1 aromatic heterocycles. The summed E-state index contributed by atoms with van der Waals surface area (Å²) >= 11 is 7.50. The highest BCUT2D eigenvalue weighted by Crippen LogP contribution is 2.29. The quantitative estimate of drug-likeness (QED) is 0.301. The van der Waals surface area contributed by atoms with Crippen molar-refractivity contribution >= 4 is 49.9 Å². The molecule has 1 aliphatic rings. The molecule has 9 heteroatoms. The first-order valence-corrected chi connectivity index (χ1v) is 13.0. The van der Waals surface area contributed by atoms with E-state index in [1.807, 2.05) is 36.4 Å². The Labute approximate surface area is 219 Å². The van der Waals surface area contributed by atoms with E-state index in [1.54, 1.807) is 35.6 Å². The number of morpholine rings is 1. The highest BCUT2D eigenvalue weighted by Gasteiger charge is 2.11. The third-order valence-electron chi connectivity index (χ3n) is 5.90. The summed E-state index contributed by atoms with van der Waals surface area (Å²) in [6, 6.07) is 20.6. The van der Waals surface area contributed by atoms with E-state index in [2.05, 4.69) is 26.6 Å². The average Bonchev–Trinajstić information content (AvgIpc) is 3.31. The zero-order valence-corrected chi connectivity index (χ0v) is 21.3. The maximum atomic E-state index is 12.4. The van der Waals surface area contributed by atoms with Crippen LogP contribution in [0.3, 0.4) is 0 Å². The van der Waals surface area contributed by atoms with Crippen molar-refractivity contribution in [3.8, 4) is 5.75 Å². The Bertz CT molecular complexity index is 1310. The number of halogens is 1. The Hall–Kier alpha value is -3.17. The monoisotopic (exact) mass is 522 g/mol. The predicted molar refractivity (Wildman–Crippen MR) is 146 cm³/mol. The summed E-state index contributed by atoms with van der Waals surface area (Å²) in [5, 5.41) is 7.76. The number of hydrogen-bond donors (Lipinski definition) is 2. The molecule has 0 saturated carbocycles. The fourth-order valence-corrected chi connectivity index (χ4v) is 4.89. The number of rotatable bonds is 9. The molecule has 7 nitrogen and oxygen atoms in total. The lowest BCUT2D eigenvalue weighted by atomic mass is 10.2. The van der Waals surface area contributed by atoms with Crippen LogP contribution in [-0.4, -0.2) is 55.2 Å². The first-order valence-electron chi connectivity index (χ1n) is 11.9. The molecular formula is C27H27ClN4O3S. The summed E-state index contributed by atoms with van der Waals surface area (Å²) in [4.78, 5) is 19.4. The van der Waals surface area contributed by atoms with Gasteiger partial charge in [-0.3, -0.25) is 9.69 Å². The summed E-state index contributed by atoms with van der Waals surface area (Å²) in [7, 11) is 0. The maximum Gasteiger partial charge on any atom is 0.255 e. The van der Waals surface area contributed by atoms with Gasteiger partial charge in [-0.2, -0.15) is 0 Å². The van der Waals surface area contributed by atoms with Gasteiger partial charge in [0.25, 0.3) is 5.91 Å². The predicted octanol–water partition coefficient (Wildman–Crippen LogP) is 5.53. The molecule has 5 rings (SSSR count).